The molecule has 0 atom stereocenters. The summed E-state index contributed by atoms with van der Waals surface area (Å²) in [6.45, 7) is 0.00152. The van der Waals surface area contributed by atoms with Crippen molar-refractivity contribution in [1.82, 2.24) is 14.7 Å². The largest absolute Gasteiger partial charge is 0.302 e. The van der Waals surface area contributed by atoms with Gasteiger partial charge in [0, 0.05) is 24.5 Å². The normalized spacial score (nSPS) is 11.2. The third kappa shape index (κ3) is 4.72. The summed E-state index contributed by atoms with van der Waals surface area (Å²) in [5.41, 5.74) is 1.40. The van der Waals surface area contributed by atoms with Crippen LogP contribution in [0, 0.1) is 0 Å². The predicted molar refractivity (Wildman–Crippen MR) is 100 cm³/mol. The van der Waals surface area contributed by atoms with Crippen LogP contribution in [-0.4, -0.2) is 30.8 Å². The van der Waals surface area contributed by atoms with Gasteiger partial charge in [0.2, 0.25) is 15.9 Å². The number of hydrogen-bond acceptors (Lipinski definition) is 6. The second-order valence-corrected chi connectivity index (χ2v) is 7.89. The minimum atomic E-state index is -3.61. The molecule has 0 bridgehead atoms. The molecule has 2 N–H and O–H groups in total. The number of sulfonamides is 1. The highest BCUT2D eigenvalue weighted by atomic mass is 32.2. The fraction of sp³-hybridized carbons (Fsp3) is 0.118. The minimum absolute atomic E-state index is 0.00152. The van der Waals surface area contributed by atoms with Crippen LogP contribution in [0.3, 0.4) is 0 Å². The Morgan fingerprint density at radius 1 is 1.04 bits per heavy atom. The van der Waals surface area contributed by atoms with Crippen LogP contribution in [0.1, 0.15) is 6.42 Å². The molecular weight excluding hydrogens is 372 g/mol. The van der Waals surface area contributed by atoms with E-state index in [1.54, 1.807) is 29.8 Å². The van der Waals surface area contributed by atoms with Crippen molar-refractivity contribution in [3.8, 4) is 11.4 Å². The molecular formula is C17H16N4O3S2. The van der Waals surface area contributed by atoms with E-state index >= 15 is 0 Å². The fourth-order valence-corrected chi connectivity index (χ4v) is 3.90. The van der Waals surface area contributed by atoms with E-state index in [1.165, 1.54) is 23.5 Å². The van der Waals surface area contributed by atoms with Crippen molar-refractivity contribution in [2.45, 2.75) is 11.3 Å². The SMILES string of the molecule is O=C(CCNS(=O)(=O)c1ccccc1)Nc1nc(-c2ccccn2)cs1. The molecule has 0 aliphatic carbocycles. The standard InChI is InChI=1S/C17H16N4O3S2/c22-16(9-11-19-26(23,24)13-6-2-1-3-7-13)21-17-20-15(12-25-17)14-8-4-5-10-18-14/h1-8,10,12,19H,9,11H2,(H,20,21,22). The van der Waals surface area contributed by atoms with Gasteiger partial charge < -0.3 is 5.32 Å². The Morgan fingerprint density at radius 2 is 1.81 bits per heavy atom. The predicted octanol–water partition coefficient (Wildman–Crippen LogP) is 2.51. The van der Waals surface area contributed by atoms with E-state index in [0.29, 0.717) is 10.8 Å². The number of nitrogens with zero attached hydrogens (tertiary/aromatic N) is 2. The van der Waals surface area contributed by atoms with Crippen LogP contribution >= 0.6 is 11.3 Å². The van der Waals surface area contributed by atoms with Gasteiger partial charge in [-0.2, -0.15) is 0 Å². The summed E-state index contributed by atoms with van der Waals surface area (Å²) in [5, 5.41) is 4.91. The molecule has 0 spiro atoms. The maximum atomic E-state index is 12.1. The number of carbonyl (C=O) groups excluding carboxylic acids is 1. The van der Waals surface area contributed by atoms with E-state index in [2.05, 4.69) is 20.0 Å². The van der Waals surface area contributed by atoms with Crippen molar-refractivity contribution in [3.05, 3.63) is 60.1 Å². The van der Waals surface area contributed by atoms with Crippen LogP contribution in [0.5, 0.6) is 0 Å². The highest BCUT2D eigenvalue weighted by Gasteiger charge is 2.14. The Morgan fingerprint density at radius 3 is 2.54 bits per heavy atom. The first-order chi connectivity index (χ1) is 12.5. The molecule has 1 amide bonds. The Kier molecular flexibility index (Phi) is 5.71. The van der Waals surface area contributed by atoms with E-state index in [9.17, 15) is 13.2 Å². The number of nitrogens with one attached hydrogen (secondary N) is 2. The van der Waals surface area contributed by atoms with Gasteiger partial charge in [-0.25, -0.2) is 18.1 Å². The van der Waals surface area contributed by atoms with Gasteiger partial charge in [0.15, 0.2) is 5.13 Å². The molecule has 0 aliphatic heterocycles. The molecule has 0 unspecified atom stereocenters. The van der Waals surface area contributed by atoms with Crippen molar-refractivity contribution < 1.29 is 13.2 Å². The maximum absolute atomic E-state index is 12.1. The summed E-state index contributed by atoms with van der Waals surface area (Å²) in [6.07, 6.45) is 1.68. The summed E-state index contributed by atoms with van der Waals surface area (Å²) in [4.78, 5) is 20.7. The number of aromatic nitrogens is 2. The molecule has 9 heteroatoms. The van der Waals surface area contributed by atoms with Crippen LogP contribution in [-0.2, 0) is 14.8 Å². The highest BCUT2D eigenvalue weighted by molar-refractivity contribution is 7.89. The van der Waals surface area contributed by atoms with E-state index in [0.717, 1.165) is 5.69 Å². The topological polar surface area (TPSA) is 101 Å². The summed E-state index contributed by atoms with van der Waals surface area (Å²) in [5.74, 6) is -0.317. The second kappa shape index (κ2) is 8.17. The molecule has 26 heavy (non-hydrogen) atoms. The van der Waals surface area contributed by atoms with Crippen molar-refractivity contribution in [3.63, 3.8) is 0 Å². The lowest BCUT2D eigenvalue weighted by Gasteiger charge is -2.06. The number of carbonyl (C=O) groups is 1. The minimum Gasteiger partial charge on any atom is -0.302 e. The van der Waals surface area contributed by atoms with Gasteiger partial charge in [-0.15, -0.1) is 11.3 Å². The highest BCUT2D eigenvalue weighted by Crippen LogP contribution is 2.23. The van der Waals surface area contributed by atoms with Gasteiger partial charge in [-0.05, 0) is 24.3 Å². The first-order valence-electron chi connectivity index (χ1n) is 7.76. The first kappa shape index (κ1) is 18.2. The average Bonchev–Trinajstić information content (AvgIpc) is 3.11. The zero-order chi connectivity index (χ0) is 18.4. The third-order valence-electron chi connectivity index (χ3n) is 3.38. The van der Waals surface area contributed by atoms with E-state index in [4.69, 9.17) is 0 Å². The Hall–Kier alpha value is -2.62. The Labute approximate surface area is 155 Å². The molecule has 2 aromatic heterocycles. The molecule has 3 aromatic rings. The van der Waals surface area contributed by atoms with Crippen molar-refractivity contribution in [2.24, 2.45) is 0 Å². The molecule has 3 rings (SSSR count). The zero-order valence-corrected chi connectivity index (χ0v) is 15.3. The lowest BCUT2D eigenvalue weighted by Crippen LogP contribution is -2.27. The molecule has 1 aromatic carbocycles. The second-order valence-electron chi connectivity index (χ2n) is 5.26. The van der Waals surface area contributed by atoms with Gasteiger partial charge in [-0.3, -0.25) is 9.78 Å². The molecule has 0 radical (unpaired) electrons. The summed E-state index contributed by atoms with van der Waals surface area (Å²) >= 11 is 1.29. The first-order valence-corrected chi connectivity index (χ1v) is 10.1. The van der Waals surface area contributed by atoms with E-state index < -0.39 is 10.0 Å². The number of benzene rings is 1. The van der Waals surface area contributed by atoms with Crippen molar-refractivity contribution in [2.75, 3.05) is 11.9 Å². The van der Waals surface area contributed by atoms with Gasteiger partial charge in [0.1, 0.15) is 5.69 Å². The van der Waals surface area contributed by atoms with Gasteiger partial charge in [0.05, 0.1) is 10.6 Å². The molecule has 7 nitrogen and oxygen atoms in total. The van der Waals surface area contributed by atoms with E-state index in [1.807, 2.05) is 18.2 Å². The zero-order valence-electron chi connectivity index (χ0n) is 13.6. The molecule has 0 aliphatic rings. The van der Waals surface area contributed by atoms with Crippen LogP contribution in [0.2, 0.25) is 0 Å². The van der Waals surface area contributed by atoms with Crippen LogP contribution < -0.4 is 10.0 Å². The fourth-order valence-electron chi connectivity index (χ4n) is 2.13. The molecule has 134 valence electrons. The number of thiazole rings is 1. The van der Waals surface area contributed by atoms with Crippen LogP contribution in [0.15, 0.2) is 65.0 Å². The number of amides is 1. The van der Waals surface area contributed by atoms with Crippen LogP contribution in [0.25, 0.3) is 11.4 Å². The number of rotatable bonds is 7. The van der Waals surface area contributed by atoms with E-state index in [-0.39, 0.29) is 23.8 Å². The quantitative estimate of drug-likeness (QED) is 0.648. The van der Waals surface area contributed by atoms with Gasteiger partial charge in [0.25, 0.3) is 0 Å². The lowest BCUT2D eigenvalue weighted by atomic mass is 10.3. The van der Waals surface area contributed by atoms with Crippen molar-refractivity contribution >= 4 is 32.4 Å². The monoisotopic (exact) mass is 388 g/mol. The molecule has 0 saturated heterocycles. The van der Waals surface area contributed by atoms with Crippen molar-refractivity contribution in [1.29, 1.82) is 0 Å². The number of hydrogen-bond donors (Lipinski definition) is 2. The van der Waals surface area contributed by atoms with Crippen LogP contribution in [0.4, 0.5) is 5.13 Å². The van der Waals surface area contributed by atoms with Gasteiger partial charge in [-0.1, -0.05) is 24.3 Å². The molecule has 0 saturated carbocycles. The average molecular weight is 388 g/mol. The molecule has 0 fully saturated rings. The third-order valence-corrected chi connectivity index (χ3v) is 5.61. The lowest BCUT2D eigenvalue weighted by molar-refractivity contribution is -0.116. The Balaban J connectivity index is 1.51. The summed E-state index contributed by atoms with van der Waals surface area (Å²) in [6, 6.07) is 13.5. The summed E-state index contributed by atoms with van der Waals surface area (Å²) < 4.78 is 26.6. The molecule has 2 heterocycles. The summed E-state index contributed by atoms with van der Waals surface area (Å²) in [7, 11) is -3.61. The number of pyridine rings is 1. The smallest absolute Gasteiger partial charge is 0.240 e. The Bertz CT molecular complexity index is 974. The number of anilines is 1. The maximum Gasteiger partial charge on any atom is 0.240 e. The van der Waals surface area contributed by atoms with Gasteiger partial charge >= 0.3 is 0 Å².